The smallest absolute Gasteiger partial charge is 0.343 e. The molecule has 4 heterocycles. The SMILES string of the molecule is CC[C@@]1(O)C(=O)OCc2c1cc1n(c2=O)Cc2c-1nc1cc(F)c(C)c3c1c2[C@@H](NC(=O)C1CC(OC(C)C)C1)CC3. The molecule has 1 saturated carbocycles. The Kier molecular flexibility index (Phi) is 6.12. The molecule has 0 spiro atoms. The van der Waals surface area contributed by atoms with Crippen LogP contribution in [0.15, 0.2) is 16.9 Å². The number of hydrogen-bond acceptors (Lipinski definition) is 7. The maximum absolute atomic E-state index is 15.1. The third kappa shape index (κ3) is 3.80. The van der Waals surface area contributed by atoms with Crippen LogP contribution in [-0.4, -0.2) is 38.7 Å². The number of nitrogens with zero attached hydrogens (tertiary/aromatic N) is 2. The number of halogens is 1. The van der Waals surface area contributed by atoms with Crippen molar-refractivity contribution in [1.82, 2.24) is 14.9 Å². The Hall–Kier alpha value is -3.63. The summed E-state index contributed by atoms with van der Waals surface area (Å²) in [5, 5.41) is 15.3. The van der Waals surface area contributed by atoms with E-state index in [-0.39, 0.29) is 72.2 Å². The van der Waals surface area contributed by atoms with E-state index < -0.39 is 11.6 Å². The van der Waals surface area contributed by atoms with Crippen molar-refractivity contribution in [3.8, 4) is 11.4 Å². The van der Waals surface area contributed by atoms with E-state index in [1.165, 1.54) is 6.07 Å². The van der Waals surface area contributed by atoms with Gasteiger partial charge in [-0.15, -0.1) is 0 Å². The number of fused-ring (bicyclic) bond motifs is 5. The molecule has 1 amide bonds. The zero-order valence-electron chi connectivity index (χ0n) is 24.2. The molecule has 220 valence electrons. The van der Waals surface area contributed by atoms with Gasteiger partial charge in [0.2, 0.25) is 5.91 Å². The number of cyclic esters (lactones) is 1. The molecule has 42 heavy (non-hydrogen) atoms. The van der Waals surface area contributed by atoms with Crippen LogP contribution in [0.2, 0.25) is 0 Å². The second-order valence-corrected chi connectivity index (χ2v) is 12.4. The van der Waals surface area contributed by atoms with E-state index >= 15 is 4.39 Å². The molecule has 0 bridgehead atoms. The standard InChI is InChI=1S/C32H34FN3O6/c1-5-32(40)21-10-25-28-19(12-36(25)30(38)20(21)13-41-31(32)39)27-23(35-29(37)16-8-17(9-16)42-14(2)3)7-6-18-15(4)22(33)11-24(34-28)26(18)27/h10-11,14,16-17,23,40H,5-9,12-13H2,1-4H3,(H,35,37)/t16?,17?,23-,32-/m0/s1. The fourth-order valence-corrected chi connectivity index (χ4v) is 7.26. The van der Waals surface area contributed by atoms with E-state index in [1.54, 1.807) is 24.5 Å². The average Bonchev–Trinajstić information content (AvgIpc) is 3.30. The van der Waals surface area contributed by atoms with E-state index in [0.29, 0.717) is 48.2 Å². The normalized spacial score (nSPS) is 25.5. The van der Waals surface area contributed by atoms with Gasteiger partial charge in [-0.2, -0.15) is 0 Å². The summed E-state index contributed by atoms with van der Waals surface area (Å²) < 4.78 is 27.7. The van der Waals surface area contributed by atoms with Crippen LogP contribution >= 0.6 is 0 Å². The van der Waals surface area contributed by atoms with Crippen LogP contribution in [0.1, 0.15) is 85.9 Å². The lowest BCUT2D eigenvalue weighted by molar-refractivity contribution is -0.172. The third-order valence-corrected chi connectivity index (χ3v) is 9.62. The summed E-state index contributed by atoms with van der Waals surface area (Å²) in [6, 6.07) is 2.74. The molecular weight excluding hydrogens is 541 g/mol. The summed E-state index contributed by atoms with van der Waals surface area (Å²) in [7, 11) is 0. The lowest BCUT2D eigenvalue weighted by Crippen LogP contribution is -2.44. The van der Waals surface area contributed by atoms with Gasteiger partial charge in [0.05, 0.1) is 47.3 Å². The van der Waals surface area contributed by atoms with Gasteiger partial charge in [0.15, 0.2) is 5.60 Å². The Morgan fingerprint density at radius 3 is 2.74 bits per heavy atom. The molecule has 1 aromatic carbocycles. The average molecular weight is 576 g/mol. The number of aryl methyl sites for hydroxylation is 1. The van der Waals surface area contributed by atoms with Crippen LogP contribution in [0, 0.1) is 18.7 Å². The maximum atomic E-state index is 15.1. The van der Waals surface area contributed by atoms with Crippen LogP contribution in [0.3, 0.4) is 0 Å². The number of nitrogens with one attached hydrogen (secondary N) is 1. The predicted molar refractivity (Wildman–Crippen MR) is 151 cm³/mol. The molecule has 10 heteroatoms. The van der Waals surface area contributed by atoms with Crippen molar-refractivity contribution in [2.24, 2.45) is 5.92 Å². The largest absolute Gasteiger partial charge is 0.458 e. The first-order valence-electron chi connectivity index (χ1n) is 14.8. The maximum Gasteiger partial charge on any atom is 0.343 e. The molecule has 2 aromatic heterocycles. The zero-order chi connectivity index (χ0) is 29.7. The Balaban J connectivity index is 1.36. The molecule has 3 aromatic rings. The topological polar surface area (TPSA) is 120 Å². The van der Waals surface area contributed by atoms with Crippen molar-refractivity contribution in [2.75, 3.05) is 0 Å². The minimum absolute atomic E-state index is 0.0311. The van der Waals surface area contributed by atoms with Gasteiger partial charge in [0, 0.05) is 28.5 Å². The number of esters is 1. The van der Waals surface area contributed by atoms with Gasteiger partial charge in [-0.1, -0.05) is 6.92 Å². The summed E-state index contributed by atoms with van der Waals surface area (Å²) in [4.78, 5) is 44.6. The molecule has 9 nitrogen and oxygen atoms in total. The first-order valence-corrected chi connectivity index (χ1v) is 14.8. The highest BCUT2D eigenvalue weighted by Crippen LogP contribution is 2.46. The summed E-state index contributed by atoms with van der Waals surface area (Å²) in [6.45, 7) is 7.39. The van der Waals surface area contributed by atoms with Gasteiger partial charge in [0.25, 0.3) is 5.56 Å². The second-order valence-electron chi connectivity index (χ2n) is 12.4. The van der Waals surface area contributed by atoms with E-state index in [0.717, 1.165) is 22.1 Å². The van der Waals surface area contributed by atoms with Gasteiger partial charge in [-0.05, 0) is 75.6 Å². The van der Waals surface area contributed by atoms with Gasteiger partial charge in [-0.25, -0.2) is 14.2 Å². The highest BCUT2D eigenvalue weighted by atomic mass is 19.1. The van der Waals surface area contributed by atoms with Gasteiger partial charge in [-0.3, -0.25) is 9.59 Å². The number of aliphatic hydroxyl groups is 1. The number of pyridine rings is 2. The molecular formula is C32H34FN3O6. The molecule has 2 aliphatic carbocycles. The lowest BCUT2D eigenvalue weighted by Gasteiger charge is -2.37. The van der Waals surface area contributed by atoms with Crippen molar-refractivity contribution >= 4 is 22.8 Å². The minimum Gasteiger partial charge on any atom is -0.458 e. The molecule has 2 N–H and O–H groups in total. The van der Waals surface area contributed by atoms with E-state index in [2.05, 4.69) is 5.32 Å². The van der Waals surface area contributed by atoms with Crippen molar-refractivity contribution in [3.63, 3.8) is 0 Å². The van der Waals surface area contributed by atoms with E-state index in [4.69, 9.17) is 14.5 Å². The van der Waals surface area contributed by atoms with Crippen LogP contribution in [0.5, 0.6) is 0 Å². The Morgan fingerprint density at radius 1 is 1.26 bits per heavy atom. The molecule has 7 rings (SSSR count). The predicted octanol–water partition coefficient (Wildman–Crippen LogP) is 3.83. The van der Waals surface area contributed by atoms with Crippen LogP contribution in [0.25, 0.3) is 22.3 Å². The van der Waals surface area contributed by atoms with Crippen LogP contribution < -0.4 is 10.9 Å². The number of amides is 1. The molecule has 0 unspecified atom stereocenters. The Labute approximate surface area is 242 Å². The third-order valence-electron chi connectivity index (χ3n) is 9.62. The lowest BCUT2D eigenvalue weighted by atomic mass is 9.79. The second kappa shape index (κ2) is 9.44. The van der Waals surface area contributed by atoms with Crippen LogP contribution in [-0.2, 0) is 44.2 Å². The van der Waals surface area contributed by atoms with Crippen LogP contribution in [0.4, 0.5) is 4.39 Å². The van der Waals surface area contributed by atoms with Crippen molar-refractivity contribution in [1.29, 1.82) is 0 Å². The molecule has 0 saturated heterocycles. The van der Waals surface area contributed by atoms with Crippen molar-refractivity contribution < 1.29 is 28.6 Å². The minimum atomic E-state index is -1.94. The number of carbonyl (C=O) groups is 2. The summed E-state index contributed by atoms with van der Waals surface area (Å²) >= 11 is 0. The Morgan fingerprint density at radius 2 is 2.02 bits per heavy atom. The number of carbonyl (C=O) groups excluding carboxylic acids is 2. The van der Waals surface area contributed by atoms with E-state index in [1.807, 2.05) is 13.8 Å². The highest BCUT2D eigenvalue weighted by Gasteiger charge is 2.46. The molecule has 1 fully saturated rings. The molecule has 2 atom stereocenters. The fourth-order valence-electron chi connectivity index (χ4n) is 7.26. The fraction of sp³-hybridized carbons (Fsp3) is 0.500. The summed E-state index contributed by atoms with van der Waals surface area (Å²) in [5.74, 6) is -1.31. The van der Waals surface area contributed by atoms with Crippen molar-refractivity contribution in [2.45, 2.75) is 96.8 Å². The number of hydrogen-bond donors (Lipinski definition) is 2. The van der Waals surface area contributed by atoms with Gasteiger partial charge >= 0.3 is 5.97 Å². The number of rotatable bonds is 5. The monoisotopic (exact) mass is 575 g/mol. The first-order chi connectivity index (χ1) is 20.0. The van der Waals surface area contributed by atoms with Gasteiger partial charge < -0.3 is 24.5 Å². The first kappa shape index (κ1) is 27.2. The van der Waals surface area contributed by atoms with Gasteiger partial charge in [0.1, 0.15) is 12.4 Å². The number of benzene rings is 1. The summed E-state index contributed by atoms with van der Waals surface area (Å²) in [5.41, 5.74) is 2.67. The molecule has 2 aliphatic heterocycles. The zero-order valence-corrected chi connectivity index (χ0v) is 24.2. The quantitative estimate of drug-likeness (QED) is 0.347. The van der Waals surface area contributed by atoms with E-state index in [9.17, 15) is 19.5 Å². The number of ether oxygens (including phenoxy) is 2. The highest BCUT2D eigenvalue weighted by molar-refractivity contribution is 5.94. The van der Waals surface area contributed by atoms with Crippen molar-refractivity contribution in [3.05, 3.63) is 61.7 Å². The molecule has 0 radical (unpaired) electrons. The Bertz CT molecular complexity index is 1760. The summed E-state index contributed by atoms with van der Waals surface area (Å²) in [6.07, 6.45) is 2.76. The molecule has 4 aliphatic rings. The number of aromatic nitrogens is 2.